The number of fused-ring (bicyclic) bond motifs is 1. The summed E-state index contributed by atoms with van der Waals surface area (Å²) in [6, 6.07) is 0. The summed E-state index contributed by atoms with van der Waals surface area (Å²) >= 11 is 1.52. The first-order valence-electron chi connectivity index (χ1n) is 4.06. The average Bonchev–Trinajstić information content (AvgIpc) is 2.61. The molecule has 5 nitrogen and oxygen atoms in total. The lowest BCUT2D eigenvalue weighted by Crippen LogP contribution is -2.13. The summed E-state index contributed by atoms with van der Waals surface area (Å²) in [6.45, 7) is 1.76. The van der Waals surface area contributed by atoms with Gasteiger partial charge in [0.15, 0.2) is 4.96 Å². The maximum Gasteiger partial charge on any atom is 0.322 e. The van der Waals surface area contributed by atoms with Gasteiger partial charge in [0.05, 0.1) is 5.69 Å². The number of hydrogen-bond donors (Lipinski definition) is 2. The molecule has 0 aromatic carbocycles. The number of nitrogens with one attached hydrogen (secondary N) is 1. The number of hydrogen-bond acceptors (Lipinski definition) is 4. The van der Waals surface area contributed by atoms with E-state index in [1.807, 2.05) is 22.9 Å². The summed E-state index contributed by atoms with van der Waals surface area (Å²) in [5.41, 5.74) is 0.818. The molecule has 0 spiro atoms. The van der Waals surface area contributed by atoms with Gasteiger partial charge in [-0.2, -0.15) is 0 Å². The molecule has 2 heterocycles. The highest BCUT2D eigenvalue weighted by Gasteiger charge is 2.09. The third kappa shape index (κ3) is 1.44. The first kappa shape index (κ1) is 9.01. The number of anilines is 1. The number of thiazole rings is 1. The first-order valence-corrected chi connectivity index (χ1v) is 4.94. The Balaban J connectivity index is 2.34. The molecule has 0 aliphatic heterocycles. The Bertz CT molecular complexity index is 474. The number of rotatable bonds is 3. The number of carboxylic acids is 1. The van der Waals surface area contributed by atoms with E-state index in [4.69, 9.17) is 5.11 Å². The maximum absolute atomic E-state index is 10.4. The zero-order valence-corrected chi connectivity index (χ0v) is 8.34. The van der Waals surface area contributed by atoms with E-state index in [9.17, 15) is 4.79 Å². The Morgan fingerprint density at radius 2 is 2.57 bits per heavy atom. The van der Waals surface area contributed by atoms with Crippen LogP contribution < -0.4 is 5.32 Å². The van der Waals surface area contributed by atoms with Gasteiger partial charge in [-0.15, -0.1) is 11.3 Å². The predicted octanol–water partition coefficient (Wildman–Crippen LogP) is 1.20. The van der Waals surface area contributed by atoms with Gasteiger partial charge in [-0.1, -0.05) is 0 Å². The summed E-state index contributed by atoms with van der Waals surface area (Å²) in [5.74, 6) is -0.127. The number of aryl methyl sites for hydroxylation is 1. The number of nitrogens with zero attached hydrogens (tertiary/aromatic N) is 2. The Hall–Kier alpha value is -1.56. The standard InChI is InChI=1S/C8H9N3O2S/c1-5-7(9-4-6(12)13)11-2-3-14-8(11)10-5/h2-3,9H,4H2,1H3,(H,12,13). The quantitative estimate of drug-likeness (QED) is 0.800. The molecule has 2 aromatic heterocycles. The van der Waals surface area contributed by atoms with E-state index in [2.05, 4.69) is 10.3 Å². The number of aromatic nitrogens is 2. The average molecular weight is 211 g/mol. The molecule has 2 N–H and O–H groups in total. The Morgan fingerprint density at radius 3 is 3.29 bits per heavy atom. The monoisotopic (exact) mass is 211 g/mol. The van der Waals surface area contributed by atoms with Crippen molar-refractivity contribution in [2.75, 3.05) is 11.9 Å². The van der Waals surface area contributed by atoms with Crippen LogP contribution in [0.5, 0.6) is 0 Å². The van der Waals surface area contributed by atoms with E-state index in [0.29, 0.717) is 0 Å². The molecule has 6 heteroatoms. The minimum absolute atomic E-state index is 0.0928. The van der Waals surface area contributed by atoms with Crippen molar-refractivity contribution in [3.05, 3.63) is 17.3 Å². The van der Waals surface area contributed by atoms with Crippen LogP contribution in [-0.4, -0.2) is 27.0 Å². The van der Waals surface area contributed by atoms with Crippen molar-refractivity contribution in [1.82, 2.24) is 9.38 Å². The summed E-state index contributed by atoms with van der Waals surface area (Å²) < 4.78 is 1.85. The lowest BCUT2D eigenvalue weighted by molar-refractivity contribution is -0.134. The summed E-state index contributed by atoms with van der Waals surface area (Å²) in [5, 5.41) is 13.3. The van der Waals surface area contributed by atoms with E-state index in [0.717, 1.165) is 16.5 Å². The highest BCUT2D eigenvalue weighted by Crippen LogP contribution is 2.20. The van der Waals surface area contributed by atoms with Crippen molar-refractivity contribution in [2.45, 2.75) is 6.92 Å². The first-order chi connectivity index (χ1) is 6.68. The summed E-state index contributed by atoms with van der Waals surface area (Å²) in [4.78, 5) is 15.5. The smallest absolute Gasteiger partial charge is 0.322 e. The zero-order valence-electron chi connectivity index (χ0n) is 7.52. The molecule has 0 aliphatic carbocycles. The molecule has 0 aliphatic rings. The minimum Gasteiger partial charge on any atom is -0.480 e. The fourth-order valence-corrected chi connectivity index (χ4v) is 2.03. The molecule has 0 radical (unpaired) electrons. The van der Waals surface area contributed by atoms with Crippen LogP contribution in [0.25, 0.3) is 4.96 Å². The number of aliphatic carboxylic acids is 1. The molecular formula is C8H9N3O2S. The summed E-state index contributed by atoms with van der Waals surface area (Å²) in [7, 11) is 0. The normalized spacial score (nSPS) is 10.6. The van der Waals surface area contributed by atoms with Crippen LogP contribution in [0, 0.1) is 6.92 Å². The van der Waals surface area contributed by atoms with E-state index in [-0.39, 0.29) is 6.54 Å². The van der Waals surface area contributed by atoms with Crippen LogP contribution in [0.15, 0.2) is 11.6 Å². The van der Waals surface area contributed by atoms with Crippen LogP contribution in [0.3, 0.4) is 0 Å². The van der Waals surface area contributed by atoms with Crippen LogP contribution in [0.2, 0.25) is 0 Å². The molecule has 2 rings (SSSR count). The SMILES string of the molecule is Cc1nc2sccn2c1NCC(=O)O. The lowest BCUT2D eigenvalue weighted by Gasteiger charge is -2.01. The second-order valence-electron chi connectivity index (χ2n) is 2.85. The van der Waals surface area contributed by atoms with Crippen LogP contribution in [0.1, 0.15) is 5.69 Å². The van der Waals surface area contributed by atoms with Gasteiger partial charge >= 0.3 is 5.97 Å². The van der Waals surface area contributed by atoms with Gasteiger partial charge in [0, 0.05) is 11.6 Å². The molecular weight excluding hydrogens is 202 g/mol. The summed E-state index contributed by atoms with van der Waals surface area (Å²) in [6.07, 6.45) is 1.87. The molecule has 2 aromatic rings. The maximum atomic E-state index is 10.4. The van der Waals surface area contributed by atoms with Gasteiger partial charge in [-0.25, -0.2) is 4.98 Å². The molecule has 74 valence electrons. The molecule has 0 fully saturated rings. The van der Waals surface area contributed by atoms with Gasteiger partial charge in [0.2, 0.25) is 0 Å². The number of imidazole rings is 1. The van der Waals surface area contributed by atoms with E-state index < -0.39 is 5.97 Å². The molecule has 0 amide bonds. The van der Waals surface area contributed by atoms with E-state index >= 15 is 0 Å². The molecule has 0 atom stereocenters. The predicted molar refractivity (Wildman–Crippen MR) is 53.9 cm³/mol. The Labute approximate surface area is 84.0 Å². The van der Waals surface area contributed by atoms with Gasteiger partial charge in [0.25, 0.3) is 0 Å². The lowest BCUT2D eigenvalue weighted by atomic mass is 10.4. The van der Waals surface area contributed by atoms with Crippen molar-refractivity contribution in [3.63, 3.8) is 0 Å². The molecule has 0 bridgehead atoms. The minimum atomic E-state index is -0.880. The number of carboxylic acid groups (broad SMARTS) is 1. The Kier molecular flexibility index (Phi) is 2.12. The van der Waals surface area contributed by atoms with Crippen molar-refractivity contribution < 1.29 is 9.90 Å². The molecule has 0 saturated heterocycles. The van der Waals surface area contributed by atoms with Gasteiger partial charge in [-0.3, -0.25) is 9.20 Å². The van der Waals surface area contributed by atoms with Gasteiger partial charge in [0.1, 0.15) is 12.4 Å². The van der Waals surface area contributed by atoms with Crippen molar-refractivity contribution in [1.29, 1.82) is 0 Å². The molecule has 0 saturated carbocycles. The highest BCUT2D eigenvalue weighted by atomic mass is 32.1. The van der Waals surface area contributed by atoms with Crippen molar-refractivity contribution >= 4 is 28.1 Å². The third-order valence-corrected chi connectivity index (χ3v) is 2.60. The topological polar surface area (TPSA) is 66.6 Å². The fraction of sp³-hybridized carbons (Fsp3) is 0.250. The van der Waals surface area contributed by atoms with Gasteiger partial charge in [-0.05, 0) is 6.92 Å². The van der Waals surface area contributed by atoms with Crippen LogP contribution in [-0.2, 0) is 4.79 Å². The van der Waals surface area contributed by atoms with Crippen LogP contribution >= 0.6 is 11.3 Å². The van der Waals surface area contributed by atoms with E-state index in [1.54, 1.807) is 0 Å². The molecule has 14 heavy (non-hydrogen) atoms. The highest BCUT2D eigenvalue weighted by molar-refractivity contribution is 7.15. The van der Waals surface area contributed by atoms with Crippen molar-refractivity contribution in [2.24, 2.45) is 0 Å². The zero-order chi connectivity index (χ0) is 10.1. The third-order valence-electron chi connectivity index (χ3n) is 1.84. The molecule has 0 unspecified atom stereocenters. The second kappa shape index (κ2) is 3.30. The fourth-order valence-electron chi connectivity index (χ4n) is 1.27. The Morgan fingerprint density at radius 1 is 1.79 bits per heavy atom. The second-order valence-corrected chi connectivity index (χ2v) is 3.72. The number of carbonyl (C=O) groups is 1. The van der Waals surface area contributed by atoms with Crippen molar-refractivity contribution in [3.8, 4) is 0 Å². The van der Waals surface area contributed by atoms with Gasteiger partial charge < -0.3 is 10.4 Å². The van der Waals surface area contributed by atoms with E-state index in [1.165, 1.54) is 11.3 Å². The van der Waals surface area contributed by atoms with Crippen LogP contribution in [0.4, 0.5) is 5.82 Å². The largest absolute Gasteiger partial charge is 0.480 e.